The molecule has 0 bridgehead atoms. The summed E-state index contributed by atoms with van der Waals surface area (Å²) < 4.78 is 27.0. The van der Waals surface area contributed by atoms with E-state index in [2.05, 4.69) is 26.3 Å². The molecule has 1 aromatic rings. The van der Waals surface area contributed by atoms with Crippen LogP contribution in [0.5, 0.6) is 0 Å². The minimum absolute atomic E-state index is 0.0384. The Hall–Kier alpha value is -2.79. The molecular formula is C30H49F2N7O2. The lowest BCUT2D eigenvalue weighted by Crippen LogP contribution is -2.49. The third kappa shape index (κ3) is 12.7. The van der Waals surface area contributed by atoms with Gasteiger partial charge in [-0.3, -0.25) is 14.6 Å². The number of hydrogen-bond donors (Lipinski definition) is 6. The quantitative estimate of drug-likeness (QED) is 0.101. The van der Waals surface area contributed by atoms with E-state index < -0.39 is 17.9 Å². The molecule has 0 radical (unpaired) electrons. The number of amides is 2. The number of guanidine groups is 1. The highest BCUT2D eigenvalue weighted by molar-refractivity contribution is 5.88. The maximum atomic E-state index is 13.5. The predicted molar refractivity (Wildman–Crippen MR) is 158 cm³/mol. The normalized spacial score (nSPS) is 18.4. The molecule has 9 nitrogen and oxygen atoms in total. The Balaban J connectivity index is 1.39. The average molecular weight is 578 g/mol. The summed E-state index contributed by atoms with van der Waals surface area (Å²) in [5.74, 6) is -3.95. The van der Waals surface area contributed by atoms with Crippen molar-refractivity contribution in [3.63, 3.8) is 0 Å². The van der Waals surface area contributed by atoms with Gasteiger partial charge in [0.15, 0.2) is 5.96 Å². The summed E-state index contributed by atoms with van der Waals surface area (Å²) in [5.41, 5.74) is 12.9. The van der Waals surface area contributed by atoms with Crippen molar-refractivity contribution < 1.29 is 18.4 Å². The standard InChI is InChI=1S/C30H49F2N7O2/c31-30(32)15-13-24(14-16-30)27(40)39-26(8-4-18-37-29(33)34)28(41)38-21-23-11-9-22(10-12-23)20-35-17-5-19-36-25-6-2-1-3-7-25/h9-12,24-26,35-36H,1-8,13-21H2,(H,38,41)(H,39,40)(H4,33,34,37)/t26-/m0/s1. The summed E-state index contributed by atoms with van der Waals surface area (Å²) in [7, 11) is 0. The van der Waals surface area contributed by atoms with Gasteiger partial charge in [0.25, 0.3) is 0 Å². The molecule has 2 aliphatic rings. The third-order valence-electron chi connectivity index (χ3n) is 8.05. The molecule has 0 heterocycles. The maximum Gasteiger partial charge on any atom is 0.248 e. The second-order valence-corrected chi connectivity index (χ2v) is 11.5. The third-order valence-corrected chi connectivity index (χ3v) is 8.05. The number of hydrogen-bond acceptors (Lipinski definition) is 5. The number of alkyl halides is 2. The number of rotatable bonds is 16. The summed E-state index contributed by atoms with van der Waals surface area (Å²) in [6, 6.07) is 7.95. The van der Waals surface area contributed by atoms with Gasteiger partial charge < -0.3 is 32.7 Å². The number of carbonyl (C=O) groups excluding carboxylic acids is 2. The van der Waals surface area contributed by atoms with E-state index in [1.807, 2.05) is 24.3 Å². The minimum atomic E-state index is -2.72. The Labute approximate surface area is 243 Å². The van der Waals surface area contributed by atoms with Gasteiger partial charge in [0.1, 0.15) is 6.04 Å². The van der Waals surface area contributed by atoms with Gasteiger partial charge in [0.2, 0.25) is 17.7 Å². The molecule has 41 heavy (non-hydrogen) atoms. The molecular weight excluding hydrogens is 528 g/mol. The van der Waals surface area contributed by atoms with Crippen LogP contribution in [0.1, 0.15) is 88.2 Å². The van der Waals surface area contributed by atoms with Crippen LogP contribution in [0, 0.1) is 5.92 Å². The molecule has 3 rings (SSSR count). The topological polar surface area (TPSA) is 147 Å². The van der Waals surface area contributed by atoms with Crippen LogP contribution >= 0.6 is 0 Å². The molecule has 230 valence electrons. The van der Waals surface area contributed by atoms with Crippen LogP contribution < -0.4 is 32.7 Å². The number of benzene rings is 1. The first kappa shape index (κ1) is 32.7. The van der Waals surface area contributed by atoms with Gasteiger partial charge in [0.05, 0.1) is 0 Å². The van der Waals surface area contributed by atoms with E-state index in [0.29, 0.717) is 32.0 Å². The summed E-state index contributed by atoms with van der Waals surface area (Å²) in [6.45, 7) is 3.42. The molecule has 2 aliphatic carbocycles. The molecule has 0 spiro atoms. The summed E-state index contributed by atoms with van der Waals surface area (Å²) in [6.07, 6.45) is 8.19. The van der Waals surface area contributed by atoms with Crippen molar-refractivity contribution in [3.8, 4) is 0 Å². The summed E-state index contributed by atoms with van der Waals surface area (Å²) in [4.78, 5) is 29.7. The molecule has 11 heteroatoms. The van der Waals surface area contributed by atoms with Crippen LogP contribution in [0.15, 0.2) is 29.3 Å². The Bertz CT molecular complexity index is 954. The minimum Gasteiger partial charge on any atom is -0.370 e. The lowest BCUT2D eigenvalue weighted by atomic mass is 9.86. The fourth-order valence-corrected chi connectivity index (χ4v) is 5.51. The number of nitrogens with one attached hydrogen (secondary N) is 4. The van der Waals surface area contributed by atoms with E-state index in [-0.39, 0.29) is 43.5 Å². The zero-order valence-corrected chi connectivity index (χ0v) is 24.2. The zero-order valence-electron chi connectivity index (χ0n) is 24.2. The van der Waals surface area contributed by atoms with Crippen molar-refractivity contribution in [2.45, 2.75) is 108 Å². The fourth-order valence-electron chi connectivity index (χ4n) is 5.51. The monoisotopic (exact) mass is 577 g/mol. The van der Waals surface area contributed by atoms with Crippen LogP contribution in [-0.4, -0.2) is 55.4 Å². The molecule has 1 aromatic carbocycles. The van der Waals surface area contributed by atoms with Crippen molar-refractivity contribution in [3.05, 3.63) is 35.4 Å². The second-order valence-electron chi connectivity index (χ2n) is 11.5. The second kappa shape index (κ2) is 17.2. The molecule has 0 aliphatic heterocycles. The first-order valence-electron chi connectivity index (χ1n) is 15.2. The molecule has 0 aromatic heterocycles. The highest BCUT2D eigenvalue weighted by Crippen LogP contribution is 2.36. The first-order valence-corrected chi connectivity index (χ1v) is 15.2. The molecule has 1 atom stereocenters. The molecule has 2 fully saturated rings. The summed E-state index contributed by atoms with van der Waals surface area (Å²) >= 11 is 0. The van der Waals surface area contributed by atoms with Crippen LogP contribution in [0.25, 0.3) is 0 Å². The highest BCUT2D eigenvalue weighted by atomic mass is 19.3. The average Bonchev–Trinajstić information content (AvgIpc) is 2.96. The van der Waals surface area contributed by atoms with Gasteiger partial charge in [-0.1, -0.05) is 43.5 Å². The number of halogens is 2. The van der Waals surface area contributed by atoms with Gasteiger partial charge >= 0.3 is 0 Å². The number of nitrogens with two attached hydrogens (primary N) is 2. The van der Waals surface area contributed by atoms with E-state index in [9.17, 15) is 18.4 Å². The zero-order chi connectivity index (χ0) is 29.5. The van der Waals surface area contributed by atoms with E-state index in [4.69, 9.17) is 11.5 Å². The van der Waals surface area contributed by atoms with Gasteiger partial charge in [-0.15, -0.1) is 0 Å². The largest absolute Gasteiger partial charge is 0.370 e. The predicted octanol–water partition coefficient (Wildman–Crippen LogP) is 3.07. The smallest absolute Gasteiger partial charge is 0.248 e. The maximum absolute atomic E-state index is 13.5. The van der Waals surface area contributed by atoms with Gasteiger partial charge in [-0.25, -0.2) is 8.78 Å². The van der Waals surface area contributed by atoms with Crippen LogP contribution in [0.2, 0.25) is 0 Å². The number of aliphatic imine (C=N–C) groups is 1. The van der Waals surface area contributed by atoms with E-state index in [1.165, 1.54) is 37.7 Å². The van der Waals surface area contributed by atoms with Crippen LogP contribution in [-0.2, 0) is 22.7 Å². The van der Waals surface area contributed by atoms with Crippen molar-refractivity contribution in [2.75, 3.05) is 19.6 Å². The van der Waals surface area contributed by atoms with Crippen LogP contribution in [0.3, 0.4) is 0 Å². The highest BCUT2D eigenvalue weighted by Gasteiger charge is 2.38. The van der Waals surface area contributed by atoms with E-state index >= 15 is 0 Å². The lowest BCUT2D eigenvalue weighted by molar-refractivity contribution is -0.134. The van der Waals surface area contributed by atoms with Crippen molar-refractivity contribution >= 4 is 17.8 Å². The molecule has 8 N–H and O–H groups in total. The first-order chi connectivity index (χ1) is 19.7. The molecule has 0 unspecified atom stereocenters. The Morgan fingerprint density at radius 1 is 0.927 bits per heavy atom. The van der Waals surface area contributed by atoms with Gasteiger partial charge in [0, 0.05) is 44.4 Å². The SMILES string of the molecule is NC(N)=NCCC[C@H](NC(=O)C1CCC(F)(F)CC1)C(=O)NCc1ccc(CNCCCNC2CCCCC2)cc1. The fraction of sp³-hybridized carbons (Fsp3) is 0.700. The Kier molecular flexibility index (Phi) is 13.8. The van der Waals surface area contributed by atoms with Gasteiger partial charge in [-0.05, 0) is 69.2 Å². The Morgan fingerprint density at radius 3 is 2.24 bits per heavy atom. The summed E-state index contributed by atoms with van der Waals surface area (Å²) in [5, 5.41) is 12.8. The van der Waals surface area contributed by atoms with Crippen molar-refractivity contribution in [1.82, 2.24) is 21.3 Å². The number of carbonyl (C=O) groups is 2. The van der Waals surface area contributed by atoms with Crippen molar-refractivity contribution in [2.24, 2.45) is 22.4 Å². The van der Waals surface area contributed by atoms with E-state index in [0.717, 1.165) is 31.6 Å². The molecule has 2 saturated carbocycles. The van der Waals surface area contributed by atoms with Crippen LogP contribution in [0.4, 0.5) is 8.78 Å². The van der Waals surface area contributed by atoms with Crippen molar-refractivity contribution in [1.29, 1.82) is 0 Å². The van der Waals surface area contributed by atoms with E-state index in [1.54, 1.807) is 0 Å². The number of nitrogens with zero attached hydrogens (tertiary/aromatic N) is 1. The lowest BCUT2D eigenvalue weighted by Gasteiger charge is -2.28. The molecule has 0 saturated heterocycles. The van der Waals surface area contributed by atoms with Gasteiger partial charge in [-0.2, -0.15) is 0 Å². The molecule has 2 amide bonds. The Morgan fingerprint density at radius 2 is 1.59 bits per heavy atom.